The lowest BCUT2D eigenvalue weighted by Crippen LogP contribution is -1.92. The highest BCUT2D eigenvalue weighted by Gasteiger charge is 1.94. The summed E-state index contributed by atoms with van der Waals surface area (Å²) in [5, 5.41) is 8.48. The Balaban J connectivity index is 2.85. The van der Waals surface area contributed by atoms with Crippen molar-refractivity contribution in [1.82, 2.24) is 4.98 Å². The first kappa shape index (κ1) is 8.03. The zero-order valence-electron chi connectivity index (χ0n) is 5.92. The summed E-state index contributed by atoms with van der Waals surface area (Å²) in [7, 11) is 0. The molecule has 0 aliphatic carbocycles. The lowest BCUT2D eigenvalue weighted by atomic mass is 10.2. The van der Waals surface area contributed by atoms with Crippen LogP contribution in [-0.2, 0) is 6.42 Å². The number of halogens is 1. The summed E-state index contributed by atoms with van der Waals surface area (Å²) in [5.41, 5.74) is 1.33. The second-order valence-electron chi connectivity index (χ2n) is 2.06. The Morgan fingerprint density at radius 3 is 3.00 bits per heavy atom. The molecule has 3 heteroatoms. The number of pyridine rings is 1. The van der Waals surface area contributed by atoms with Crippen molar-refractivity contribution in [3.8, 4) is 6.07 Å². The largest absolute Gasteiger partial charge is 0.242 e. The summed E-state index contributed by atoms with van der Waals surface area (Å²) < 4.78 is 0. The van der Waals surface area contributed by atoms with E-state index in [9.17, 15) is 0 Å². The van der Waals surface area contributed by atoms with Crippen LogP contribution in [0.4, 0.5) is 0 Å². The van der Waals surface area contributed by atoms with E-state index in [-0.39, 0.29) is 0 Å². The molecule has 1 aromatic heterocycles. The molecular weight excluding hydrogens is 160 g/mol. The van der Waals surface area contributed by atoms with Gasteiger partial charge in [-0.15, -0.1) is 11.6 Å². The number of nitriles is 1. The van der Waals surface area contributed by atoms with Gasteiger partial charge < -0.3 is 0 Å². The fraction of sp³-hybridized carbons (Fsp3) is 0.250. The molecule has 0 unspecified atom stereocenters. The lowest BCUT2D eigenvalue weighted by molar-refractivity contribution is 1.03. The number of aryl methyl sites for hydroxylation is 1. The molecule has 11 heavy (non-hydrogen) atoms. The first-order valence-corrected chi connectivity index (χ1v) is 3.82. The second kappa shape index (κ2) is 3.95. The Hall–Kier alpha value is -1.07. The molecule has 0 aliphatic rings. The van der Waals surface area contributed by atoms with Gasteiger partial charge in [-0.1, -0.05) is 6.07 Å². The van der Waals surface area contributed by atoms with Gasteiger partial charge in [-0.05, 0) is 12.1 Å². The van der Waals surface area contributed by atoms with Crippen LogP contribution in [-0.4, -0.2) is 10.9 Å². The van der Waals surface area contributed by atoms with Crippen LogP contribution in [0.5, 0.6) is 0 Å². The van der Waals surface area contributed by atoms with Crippen molar-refractivity contribution in [3.63, 3.8) is 0 Å². The van der Waals surface area contributed by atoms with Crippen molar-refractivity contribution in [2.45, 2.75) is 6.42 Å². The minimum absolute atomic E-state index is 0.451. The molecule has 0 atom stereocenters. The van der Waals surface area contributed by atoms with Crippen molar-refractivity contribution < 1.29 is 0 Å². The maximum Gasteiger partial charge on any atom is 0.140 e. The third-order valence-corrected chi connectivity index (χ3v) is 1.46. The number of nitrogens with zero attached hydrogens (tertiary/aromatic N) is 2. The van der Waals surface area contributed by atoms with E-state index in [0.717, 1.165) is 12.1 Å². The molecule has 1 aromatic rings. The maximum absolute atomic E-state index is 8.48. The molecule has 0 saturated heterocycles. The molecule has 0 aromatic carbocycles. The van der Waals surface area contributed by atoms with Crippen LogP contribution in [0.1, 0.15) is 11.4 Å². The number of rotatable bonds is 2. The zero-order chi connectivity index (χ0) is 8.10. The third-order valence-electron chi connectivity index (χ3n) is 1.27. The van der Waals surface area contributed by atoms with Gasteiger partial charge in [-0.25, -0.2) is 4.98 Å². The number of hydrogen-bond acceptors (Lipinski definition) is 2. The Morgan fingerprint density at radius 2 is 2.36 bits per heavy atom. The molecule has 2 nitrogen and oxygen atoms in total. The van der Waals surface area contributed by atoms with E-state index in [1.807, 2.05) is 18.2 Å². The average molecular weight is 167 g/mol. The molecule has 0 amide bonds. The van der Waals surface area contributed by atoms with Gasteiger partial charge in [0.05, 0.1) is 0 Å². The highest BCUT2D eigenvalue weighted by Crippen LogP contribution is 1.99. The Morgan fingerprint density at radius 1 is 1.55 bits per heavy atom. The molecule has 0 saturated carbocycles. The van der Waals surface area contributed by atoms with Gasteiger partial charge in [0.2, 0.25) is 0 Å². The first-order chi connectivity index (χ1) is 5.36. The fourth-order valence-electron chi connectivity index (χ4n) is 0.778. The fourth-order valence-corrected chi connectivity index (χ4v) is 0.972. The van der Waals surface area contributed by atoms with Crippen molar-refractivity contribution >= 4 is 11.6 Å². The molecule has 0 spiro atoms. The normalized spacial score (nSPS) is 9.09. The summed E-state index contributed by atoms with van der Waals surface area (Å²) >= 11 is 5.51. The Kier molecular flexibility index (Phi) is 2.88. The topological polar surface area (TPSA) is 36.7 Å². The van der Waals surface area contributed by atoms with E-state index < -0.39 is 0 Å². The quantitative estimate of drug-likeness (QED) is 0.628. The van der Waals surface area contributed by atoms with Crippen LogP contribution in [0.25, 0.3) is 0 Å². The van der Waals surface area contributed by atoms with Gasteiger partial charge >= 0.3 is 0 Å². The van der Waals surface area contributed by atoms with Crippen LogP contribution >= 0.6 is 11.6 Å². The predicted octanol–water partition coefficient (Wildman–Crippen LogP) is 1.73. The van der Waals surface area contributed by atoms with Crippen LogP contribution in [0, 0.1) is 11.3 Å². The highest BCUT2D eigenvalue weighted by molar-refractivity contribution is 6.17. The van der Waals surface area contributed by atoms with Gasteiger partial charge in [0.1, 0.15) is 11.8 Å². The monoisotopic (exact) mass is 166 g/mol. The van der Waals surface area contributed by atoms with E-state index in [1.54, 1.807) is 6.07 Å². The van der Waals surface area contributed by atoms with Crippen LogP contribution in [0.3, 0.4) is 0 Å². The summed E-state index contributed by atoms with van der Waals surface area (Å²) in [6.07, 6.45) is 0.719. The van der Waals surface area contributed by atoms with Crippen molar-refractivity contribution in [2.75, 3.05) is 5.88 Å². The van der Waals surface area contributed by atoms with E-state index in [2.05, 4.69) is 4.98 Å². The van der Waals surface area contributed by atoms with Gasteiger partial charge in [0.25, 0.3) is 0 Å². The molecule has 0 fully saturated rings. The molecule has 0 bridgehead atoms. The van der Waals surface area contributed by atoms with Crippen LogP contribution in [0.15, 0.2) is 18.2 Å². The number of alkyl halides is 1. The highest BCUT2D eigenvalue weighted by atomic mass is 35.5. The van der Waals surface area contributed by atoms with E-state index in [0.29, 0.717) is 11.6 Å². The maximum atomic E-state index is 8.48. The Bertz CT molecular complexity index is 278. The molecule has 1 rings (SSSR count). The molecule has 56 valence electrons. The summed E-state index contributed by atoms with van der Waals surface area (Å²) in [5.74, 6) is 0.544. The molecule has 1 heterocycles. The average Bonchev–Trinajstić information content (AvgIpc) is 2.06. The molecule has 0 aliphatic heterocycles. The zero-order valence-corrected chi connectivity index (χ0v) is 6.67. The van der Waals surface area contributed by atoms with E-state index >= 15 is 0 Å². The summed E-state index contributed by atoms with van der Waals surface area (Å²) in [6, 6.07) is 7.33. The number of aromatic nitrogens is 1. The Labute approximate surface area is 70.4 Å². The van der Waals surface area contributed by atoms with Crippen LogP contribution in [0.2, 0.25) is 0 Å². The minimum atomic E-state index is 0.451. The first-order valence-electron chi connectivity index (χ1n) is 3.29. The second-order valence-corrected chi connectivity index (χ2v) is 2.44. The van der Waals surface area contributed by atoms with Crippen molar-refractivity contribution in [3.05, 3.63) is 29.6 Å². The summed E-state index contributed by atoms with van der Waals surface area (Å²) in [6.45, 7) is 0. The molecule has 0 radical (unpaired) electrons. The predicted molar refractivity (Wildman–Crippen MR) is 43.4 cm³/mol. The number of hydrogen-bond donors (Lipinski definition) is 0. The van der Waals surface area contributed by atoms with E-state index in [1.165, 1.54) is 0 Å². The van der Waals surface area contributed by atoms with Crippen molar-refractivity contribution in [1.29, 1.82) is 5.26 Å². The third kappa shape index (κ3) is 2.21. The van der Waals surface area contributed by atoms with Gasteiger partial charge in [-0.3, -0.25) is 0 Å². The summed E-state index contributed by atoms with van der Waals surface area (Å²) in [4.78, 5) is 4.04. The standard InChI is InChI=1S/C8H7ClN2/c9-5-4-7-2-1-3-8(6-10)11-7/h1-3H,4-5H2. The van der Waals surface area contributed by atoms with Crippen LogP contribution < -0.4 is 0 Å². The minimum Gasteiger partial charge on any atom is -0.242 e. The smallest absolute Gasteiger partial charge is 0.140 e. The van der Waals surface area contributed by atoms with Gasteiger partial charge in [0, 0.05) is 18.0 Å². The SMILES string of the molecule is N#Cc1cccc(CCCl)n1. The molecule has 0 N–H and O–H groups in total. The lowest BCUT2D eigenvalue weighted by Gasteiger charge is -1.94. The van der Waals surface area contributed by atoms with E-state index in [4.69, 9.17) is 16.9 Å². The van der Waals surface area contributed by atoms with Crippen molar-refractivity contribution in [2.24, 2.45) is 0 Å². The molecular formula is C8H7ClN2. The van der Waals surface area contributed by atoms with Gasteiger partial charge in [0.15, 0.2) is 0 Å². The van der Waals surface area contributed by atoms with Gasteiger partial charge in [-0.2, -0.15) is 5.26 Å².